The third kappa shape index (κ3) is 27.9. The first-order valence-corrected chi connectivity index (χ1v) is 22.6. The summed E-state index contributed by atoms with van der Waals surface area (Å²) < 4.78 is 11.8. The summed E-state index contributed by atoms with van der Waals surface area (Å²) in [6.07, 6.45) is 29.1. The number of carbonyl (C=O) groups excluding carboxylic acids is 3. The van der Waals surface area contributed by atoms with Crippen molar-refractivity contribution in [3.63, 3.8) is 0 Å². The molecule has 0 fully saturated rings. The van der Waals surface area contributed by atoms with Crippen LogP contribution in [-0.2, 0) is 23.9 Å². The lowest BCUT2D eigenvalue weighted by molar-refractivity contribution is -0.153. The van der Waals surface area contributed by atoms with E-state index in [0.29, 0.717) is 13.1 Å². The number of nitrogens with zero attached hydrogens (tertiary/aromatic N) is 2. The second kappa shape index (κ2) is 36.4. The van der Waals surface area contributed by atoms with Crippen molar-refractivity contribution in [2.45, 2.75) is 208 Å². The van der Waals surface area contributed by atoms with Gasteiger partial charge in [-0.15, -0.1) is 0 Å². The van der Waals surface area contributed by atoms with Crippen molar-refractivity contribution >= 4 is 17.8 Å². The van der Waals surface area contributed by atoms with Crippen LogP contribution in [0.25, 0.3) is 0 Å². The van der Waals surface area contributed by atoms with Gasteiger partial charge >= 0.3 is 11.9 Å². The number of hydrogen-bond donors (Lipinski definition) is 0. The average Bonchev–Trinajstić information content (AvgIpc) is 3.14. The second-order valence-electron chi connectivity index (χ2n) is 15.9. The maximum Gasteiger partial charge on any atom is 0.308 e. The quantitative estimate of drug-likeness (QED) is 0.0464. The fourth-order valence-corrected chi connectivity index (χ4v) is 7.16. The summed E-state index contributed by atoms with van der Waals surface area (Å²) in [5, 5.41) is 0. The fourth-order valence-electron chi connectivity index (χ4n) is 7.16. The molecule has 0 aromatic heterocycles. The maximum atomic E-state index is 13.8. The first kappa shape index (κ1) is 50.4. The van der Waals surface area contributed by atoms with Crippen molar-refractivity contribution in [1.29, 1.82) is 0 Å². The Morgan fingerprint density at radius 1 is 0.442 bits per heavy atom. The van der Waals surface area contributed by atoms with Crippen LogP contribution in [0.2, 0.25) is 0 Å². The molecular formula is C45H88N2O5. The van der Waals surface area contributed by atoms with Crippen LogP contribution in [0.1, 0.15) is 208 Å². The van der Waals surface area contributed by atoms with Crippen LogP contribution in [0, 0.1) is 17.8 Å². The van der Waals surface area contributed by atoms with Crippen molar-refractivity contribution in [3.8, 4) is 0 Å². The Morgan fingerprint density at radius 3 is 1.15 bits per heavy atom. The number of esters is 2. The van der Waals surface area contributed by atoms with Crippen LogP contribution in [-0.4, -0.2) is 74.1 Å². The van der Waals surface area contributed by atoms with E-state index in [1.54, 1.807) is 4.90 Å². The molecule has 0 aliphatic carbocycles. The van der Waals surface area contributed by atoms with Gasteiger partial charge in [0.2, 0.25) is 5.91 Å². The molecule has 0 radical (unpaired) electrons. The fraction of sp³-hybridized carbons (Fsp3) is 0.933. The van der Waals surface area contributed by atoms with E-state index >= 15 is 0 Å². The third-order valence-corrected chi connectivity index (χ3v) is 10.8. The molecule has 0 aromatic carbocycles. The van der Waals surface area contributed by atoms with Crippen LogP contribution in [0.15, 0.2) is 0 Å². The molecule has 0 bridgehead atoms. The SMILES string of the molecule is CCCCCCCCC(CCCCCC)C(=O)OCCN(CCOC(=O)C(CCCCCC)CCCCCCCC)C(=O)C(C)CCN(C)CCC. The van der Waals surface area contributed by atoms with E-state index in [1.807, 2.05) is 6.92 Å². The van der Waals surface area contributed by atoms with Gasteiger partial charge in [0.25, 0.3) is 0 Å². The number of unbranched alkanes of at least 4 members (excludes halogenated alkanes) is 16. The van der Waals surface area contributed by atoms with Crippen LogP contribution in [0.3, 0.4) is 0 Å². The molecule has 1 amide bonds. The molecule has 0 N–H and O–H groups in total. The first-order valence-electron chi connectivity index (χ1n) is 22.6. The summed E-state index contributed by atoms with van der Waals surface area (Å²) in [5.74, 6) is -0.478. The summed E-state index contributed by atoms with van der Waals surface area (Å²) in [6, 6.07) is 0. The minimum Gasteiger partial charge on any atom is -0.464 e. The predicted octanol–water partition coefficient (Wildman–Crippen LogP) is 11.9. The van der Waals surface area contributed by atoms with Crippen molar-refractivity contribution in [3.05, 3.63) is 0 Å². The topological polar surface area (TPSA) is 76.1 Å². The van der Waals surface area contributed by atoms with Gasteiger partial charge in [0.05, 0.1) is 24.9 Å². The van der Waals surface area contributed by atoms with Gasteiger partial charge in [0.15, 0.2) is 0 Å². The van der Waals surface area contributed by atoms with Gasteiger partial charge < -0.3 is 19.3 Å². The summed E-state index contributed by atoms with van der Waals surface area (Å²) in [4.78, 5) is 44.5. The van der Waals surface area contributed by atoms with E-state index in [0.717, 1.165) is 90.1 Å². The number of carbonyl (C=O) groups is 3. The van der Waals surface area contributed by atoms with Gasteiger partial charge in [0, 0.05) is 5.92 Å². The lowest BCUT2D eigenvalue weighted by Crippen LogP contribution is -2.41. The van der Waals surface area contributed by atoms with Crippen molar-refractivity contribution in [2.75, 3.05) is 46.4 Å². The Kier molecular flexibility index (Phi) is 35.2. The molecule has 7 heteroatoms. The highest BCUT2D eigenvalue weighted by molar-refractivity contribution is 5.78. The van der Waals surface area contributed by atoms with Crippen molar-refractivity contribution in [2.24, 2.45) is 17.8 Å². The average molecular weight is 737 g/mol. The van der Waals surface area contributed by atoms with Crippen LogP contribution in [0.5, 0.6) is 0 Å². The Labute approximate surface area is 323 Å². The molecule has 0 saturated carbocycles. The van der Waals surface area contributed by atoms with E-state index in [2.05, 4.69) is 46.6 Å². The molecule has 0 rings (SSSR count). The van der Waals surface area contributed by atoms with Crippen LogP contribution in [0.4, 0.5) is 0 Å². The van der Waals surface area contributed by atoms with Gasteiger partial charge in [-0.1, -0.05) is 170 Å². The zero-order chi connectivity index (χ0) is 38.7. The summed E-state index contributed by atoms with van der Waals surface area (Å²) in [7, 11) is 2.10. The molecule has 7 nitrogen and oxygen atoms in total. The lowest BCUT2D eigenvalue weighted by Gasteiger charge is -2.27. The van der Waals surface area contributed by atoms with Gasteiger partial charge in [0.1, 0.15) is 13.2 Å². The maximum absolute atomic E-state index is 13.8. The Bertz CT molecular complexity index is 787. The summed E-state index contributed by atoms with van der Waals surface area (Å²) in [6.45, 7) is 15.9. The highest BCUT2D eigenvalue weighted by Crippen LogP contribution is 2.22. The van der Waals surface area contributed by atoms with E-state index in [1.165, 1.54) is 89.9 Å². The smallest absolute Gasteiger partial charge is 0.308 e. The second-order valence-corrected chi connectivity index (χ2v) is 15.9. The number of hydrogen-bond acceptors (Lipinski definition) is 6. The zero-order valence-corrected chi connectivity index (χ0v) is 35.8. The van der Waals surface area contributed by atoms with E-state index in [-0.39, 0.29) is 48.8 Å². The van der Waals surface area contributed by atoms with Gasteiger partial charge in [-0.25, -0.2) is 0 Å². The normalized spacial score (nSPS) is 13.2. The molecule has 0 aromatic rings. The summed E-state index contributed by atoms with van der Waals surface area (Å²) in [5.41, 5.74) is 0. The molecule has 3 atom stereocenters. The number of amides is 1. The van der Waals surface area contributed by atoms with Crippen LogP contribution < -0.4 is 0 Å². The highest BCUT2D eigenvalue weighted by Gasteiger charge is 2.25. The number of rotatable bonds is 38. The molecule has 0 aliphatic rings. The van der Waals surface area contributed by atoms with E-state index < -0.39 is 0 Å². The van der Waals surface area contributed by atoms with Crippen molar-refractivity contribution in [1.82, 2.24) is 9.80 Å². The Hall–Kier alpha value is -1.63. The van der Waals surface area contributed by atoms with E-state index in [9.17, 15) is 14.4 Å². The zero-order valence-electron chi connectivity index (χ0n) is 35.8. The monoisotopic (exact) mass is 737 g/mol. The molecule has 3 unspecified atom stereocenters. The van der Waals surface area contributed by atoms with Crippen LogP contribution >= 0.6 is 0 Å². The molecule has 308 valence electrons. The largest absolute Gasteiger partial charge is 0.464 e. The highest BCUT2D eigenvalue weighted by atomic mass is 16.5. The molecule has 0 saturated heterocycles. The van der Waals surface area contributed by atoms with Crippen molar-refractivity contribution < 1.29 is 23.9 Å². The van der Waals surface area contributed by atoms with Gasteiger partial charge in [-0.3, -0.25) is 14.4 Å². The molecule has 0 aliphatic heterocycles. The Balaban J connectivity index is 5.40. The summed E-state index contributed by atoms with van der Waals surface area (Å²) >= 11 is 0. The lowest BCUT2D eigenvalue weighted by atomic mass is 9.94. The predicted molar refractivity (Wildman–Crippen MR) is 221 cm³/mol. The minimum absolute atomic E-state index is 0.0448. The van der Waals surface area contributed by atoms with Gasteiger partial charge in [-0.05, 0) is 58.7 Å². The molecule has 52 heavy (non-hydrogen) atoms. The third-order valence-electron chi connectivity index (χ3n) is 10.8. The Morgan fingerprint density at radius 2 is 0.788 bits per heavy atom. The minimum atomic E-state index is -0.163. The standard InChI is InChI=1S/C45H88N2O5/c1-8-13-17-21-23-27-31-41(29-25-19-15-10-3)44(49)51-38-36-47(43(48)40(6)33-35-46(7)34-12-5)37-39-52-45(50)42(30-26-20-16-11-4)32-28-24-22-18-14-9-2/h40-42H,8-39H2,1-7H3. The first-order chi connectivity index (χ1) is 25.2. The molecule has 0 spiro atoms. The number of ether oxygens (including phenoxy) is 2. The molecule has 0 heterocycles. The molecular weight excluding hydrogens is 649 g/mol. The van der Waals surface area contributed by atoms with E-state index in [4.69, 9.17) is 9.47 Å². The van der Waals surface area contributed by atoms with Gasteiger partial charge in [-0.2, -0.15) is 0 Å².